The molecule has 0 amide bonds. The van der Waals surface area contributed by atoms with Gasteiger partial charge < -0.3 is 15.2 Å². The zero-order valence-corrected chi connectivity index (χ0v) is 16.2. The molecule has 122 valence electrons. The second-order valence-electron chi connectivity index (χ2n) is 4.49. The lowest BCUT2D eigenvalue weighted by molar-refractivity contribution is 0.669. The smallest absolute Gasteiger partial charge is 0.191 e. The lowest BCUT2D eigenvalue weighted by Crippen LogP contribution is -2.38. The molecule has 2 rings (SSSR count). The van der Waals surface area contributed by atoms with E-state index in [-0.39, 0.29) is 24.0 Å². The Kier molecular flexibility index (Phi) is 8.31. The third-order valence-corrected chi connectivity index (χ3v) is 3.84. The zero-order chi connectivity index (χ0) is 15.1. The van der Waals surface area contributed by atoms with Crippen molar-refractivity contribution in [2.24, 2.45) is 4.99 Å². The summed E-state index contributed by atoms with van der Waals surface area (Å²) in [6.07, 6.45) is 2.62. The Morgan fingerprint density at radius 3 is 2.86 bits per heavy atom. The molecule has 0 aliphatic heterocycles. The van der Waals surface area contributed by atoms with Crippen LogP contribution in [0, 0.1) is 6.92 Å². The van der Waals surface area contributed by atoms with Crippen molar-refractivity contribution >= 4 is 41.3 Å². The van der Waals surface area contributed by atoms with E-state index in [0.717, 1.165) is 42.0 Å². The predicted octanol–water partition coefficient (Wildman–Crippen LogP) is 1.59. The zero-order valence-electron chi connectivity index (χ0n) is 13.0. The summed E-state index contributed by atoms with van der Waals surface area (Å²) in [7, 11) is 1.76. The standard InChI is InChI=1S/C13H21N7S.HI/c1-4-20-9-17-19-12(20)7-16-13(14-3)15-6-5-11-8-21-10(2)18-11;/h8-9H,4-7H2,1-3H3,(H2,14,15,16);1H. The number of nitrogens with zero attached hydrogens (tertiary/aromatic N) is 5. The molecule has 0 spiro atoms. The molecule has 0 bridgehead atoms. The van der Waals surface area contributed by atoms with Gasteiger partial charge in [-0.3, -0.25) is 4.99 Å². The summed E-state index contributed by atoms with van der Waals surface area (Å²) in [6.45, 7) is 6.34. The van der Waals surface area contributed by atoms with Gasteiger partial charge in [-0.05, 0) is 13.8 Å². The molecule has 0 aliphatic rings. The first-order valence-electron chi connectivity index (χ1n) is 6.95. The van der Waals surface area contributed by atoms with E-state index in [1.54, 1.807) is 24.7 Å². The summed E-state index contributed by atoms with van der Waals surface area (Å²) in [5.74, 6) is 1.66. The molecular weight excluding hydrogens is 413 g/mol. The van der Waals surface area contributed by atoms with Crippen LogP contribution in [0.1, 0.15) is 23.4 Å². The van der Waals surface area contributed by atoms with Gasteiger partial charge in [0, 0.05) is 31.9 Å². The Morgan fingerprint density at radius 2 is 2.23 bits per heavy atom. The second-order valence-corrected chi connectivity index (χ2v) is 5.56. The van der Waals surface area contributed by atoms with Crippen LogP contribution in [-0.4, -0.2) is 39.3 Å². The molecular formula is C13H22IN7S. The molecule has 0 saturated heterocycles. The van der Waals surface area contributed by atoms with Crippen molar-refractivity contribution in [1.29, 1.82) is 0 Å². The van der Waals surface area contributed by atoms with Crippen molar-refractivity contribution in [3.8, 4) is 0 Å². The average molecular weight is 435 g/mol. The van der Waals surface area contributed by atoms with E-state index < -0.39 is 0 Å². The molecule has 0 unspecified atom stereocenters. The van der Waals surface area contributed by atoms with Crippen molar-refractivity contribution in [2.45, 2.75) is 33.4 Å². The molecule has 7 nitrogen and oxygen atoms in total. The van der Waals surface area contributed by atoms with Gasteiger partial charge in [0.2, 0.25) is 0 Å². The quantitative estimate of drug-likeness (QED) is 0.409. The van der Waals surface area contributed by atoms with Crippen molar-refractivity contribution in [3.63, 3.8) is 0 Å². The van der Waals surface area contributed by atoms with Gasteiger partial charge in [0.05, 0.1) is 17.2 Å². The average Bonchev–Trinajstić information content (AvgIpc) is 3.11. The summed E-state index contributed by atoms with van der Waals surface area (Å²) in [5, 5.41) is 17.7. The van der Waals surface area contributed by atoms with Gasteiger partial charge >= 0.3 is 0 Å². The maximum absolute atomic E-state index is 4.44. The van der Waals surface area contributed by atoms with E-state index in [9.17, 15) is 0 Å². The van der Waals surface area contributed by atoms with Crippen LogP contribution < -0.4 is 10.6 Å². The van der Waals surface area contributed by atoms with Gasteiger partial charge in [0.25, 0.3) is 0 Å². The number of nitrogens with one attached hydrogen (secondary N) is 2. The van der Waals surface area contributed by atoms with Crippen LogP contribution >= 0.6 is 35.3 Å². The Balaban J connectivity index is 0.00000242. The molecule has 0 aromatic carbocycles. The molecule has 0 fully saturated rings. The highest BCUT2D eigenvalue weighted by molar-refractivity contribution is 14.0. The Hall–Kier alpha value is -1.23. The van der Waals surface area contributed by atoms with Crippen LogP contribution in [0.4, 0.5) is 0 Å². The number of rotatable bonds is 6. The number of hydrogen-bond acceptors (Lipinski definition) is 5. The minimum absolute atomic E-state index is 0. The van der Waals surface area contributed by atoms with E-state index in [2.05, 4.69) is 43.1 Å². The van der Waals surface area contributed by atoms with Crippen molar-refractivity contribution < 1.29 is 0 Å². The van der Waals surface area contributed by atoms with E-state index >= 15 is 0 Å². The van der Waals surface area contributed by atoms with Crippen molar-refractivity contribution in [2.75, 3.05) is 13.6 Å². The van der Waals surface area contributed by atoms with E-state index in [1.165, 1.54) is 0 Å². The second kappa shape index (κ2) is 9.72. The number of halogens is 1. The normalized spacial score (nSPS) is 11.1. The fourth-order valence-corrected chi connectivity index (χ4v) is 2.54. The summed E-state index contributed by atoms with van der Waals surface area (Å²) in [6, 6.07) is 0. The fraction of sp³-hybridized carbons (Fsp3) is 0.538. The molecule has 2 N–H and O–H groups in total. The van der Waals surface area contributed by atoms with Crippen LogP contribution in [0.25, 0.3) is 0 Å². The number of aliphatic imine (C=N–C) groups is 1. The Labute approximate surface area is 151 Å². The highest BCUT2D eigenvalue weighted by atomic mass is 127. The van der Waals surface area contributed by atoms with Gasteiger partial charge in [-0.2, -0.15) is 0 Å². The minimum atomic E-state index is 0. The Morgan fingerprint density at radius 1 is 1.41 bits per heavy atom. The monoisotopic (exact) mass is 435 g/mol. The lowest BCUT2D eigenvalue weighted by Gasteiger charge is -2.11. The maximum Gasteiger partial charge on any atom is 0.191 e. The number of hydrogen-bond donors (Lipinski definition) is 2. The van der Waals surface area contributed by atoms with E-state index in [0.29, 0.717) is 6.54 Å². The lowest BCUT2D eigenvalue weighted by atomic mass is 10.3. The van der Waals surface area contributed by atoms with Crippen LogP contribution in [0.5, 0.6) is 0 Å². The maximum atomic E-state index is 4.44. The molecule has 22 heavy (non-hydrogen) atoms. The van der Waals surface area contributed by atoms with Crippen LogP contribution in [0.15, 0.2) is 16.7 Å². The van der Waals surface area contributed by atoms with Gasteiger partial charge in [-0.15, -0.1) is 45.5 Å². The van der Waals surface area contributed by atoms with E-state index in [4.69, 9.17) is 0 Å². The molecule has 0 radical (unpaired) electrons. The third kappa shape index (κ3) is 5.52. The molecule has 9 heteroatoms. The minimum Gasteiger partial charge on any atom is -0.356 e. The first-order chi connectivity index (χ1) is 10.2. The summed E-state index contributed by atoms with van der Waals surface area (Å²) < 4.78 is 2.00. The molecule has 0 saturated carbocycles. The van der Waals surface area contributed by atoms with Gasteiger partial charge in [-0.25, -0.2) is 4.98 Å². The highest BCUT2D eigenvalue weighted by Crippen LogP contribution is 2.07. The fourth-order valence-electron chi connectivity index (χ4n) is 1.90. The summed E-state index contributed by atoms with van der Waals surface area (Å²) in [5.41, 5.74) is 1.12. The molecule has 2 aromatic rings. The van der Waals surface area contributed by atoms with Crippen LogP contribution in [0.2, 0.25) is 0 Å². The Bertz CT molecular complexity index is 593. The number of aromatic nitrogens is 4. The largest absolute Gasteiger partial charge is 0.356 e. The van der Waals surface area contributed by atoms with Crippen molar-refractivity contribution in [3.05, 3.63) is 28.2 Å². The third-order valence-electron chi connectivity index (χ3n) is 3.01. The van der Waals surface area contributed by atoms with Crippen LogP contribution in [-0.2, 0) is 19.5 Å². The van der Waals surface area contributed by atoms with Gasteiger partial charge in [0.15, 0.2) is 11.8 Å². The number of thiazole rings is 1. The first kappa shape index (κ1) is 18.8. The topological polar surface area (TPSA) is 80.0 Å². The van der Waals surface area contributed by atoms with Crippen molar-refractivity contribution in [1.82, 2.24) is 30.4 Å². The summed E-state index contributed by atoms with van der Waals surface area (Å²) >= 11 is 1.68. The molecule has 2 heterocycles. The van der Waals surface area contributed by atoms with E-state index in [1.807, 2.05) is 11.5 Å². The van der Waals surface area contributed by atoms with Gasteiger partial charge in [-0.1, -0.05) is 0 Å². The first-order valence-corrected chi connectivity index (χ1v) is 7.83. The van der Waals surface area contributed by atoms with Crippen LogP contribution in [0.3, 0.4) is 0 Å². The SMILES string of the molecule is CCn1cnnc1CNC(=NC)NCCc1csc(C)n1.I. The molecule has 0 aliphatic carbocycles. The highest BCUT2D eigenvalue weighted by Gasteiger charge is 2.04. The summed E-state index contributed by atoms with van der Waals surface area (Å²) in [4.78, 5) is 8.64. The number of aryl methyl sites for hydroxylation is 2. The van der Waals surface area contributed by atoms with Gasteiger partial charge in [0.1, 0.15) is 6.33 Å². The molecule has 0 atom stereocenters. The predicted molar refractivity (Wildman–Crippen MR) is 99.9 cm³/mol. The molecule has 2 aromatic heterocycles. The number of guanidine groups is 1.